The number of ether oxygens (including phenoxy) is 4. The normalized spacial score (nSPS) is 19.7. The second-order valence-corrected chi connectivity index (χ2v) is 26.2. The van der Waals surface area contributed by atoms with E-state index < -0.39 is 68.2 Å². The molecule has 2 aliphatic heterocycles. The third-order valence-electron chi connectivity index (χ3n) is 15.7. The molecule has 0 bridgehead atoms. The van der Waals surface area contributed by atoms with Gasteiger partial charge in [-0.25, -0.2) is 51.5 Å². The van der Waals surface area contributed by atoms with Gasteiger partial charge in [-0.2, -0.15) is 0 Å². The first-order valence-electron chi connectivity index (χ1n) is 30.0. The zero-order valence-electron chi connectivity index (χ0n) is 50.8. The molecule has 2 aliphatic rings. The Labute approximate surface area is 542 Å². The van der Waals surface area contributed by atoms with Crippen LogP contribution in [-0.2, 0) is 50.9 Å². The second kappa shape index (κ2) is 31.6. The maximum atomic E-state index is 12.8. The molecule has 0 saturated carbocycles. The van der Waals surface area contributed by atoms with Gasteiger partial charge in [0.2, 0.25) is 10.0 Å². The number of nitrogens with zero attached hydrogens (tertiary/aromatic N) is 8. The Balaban J connectivity index is 0.000000180. The zero-order chi connectivity index (χ0) is 65.5. The largest absolute Gasteiger partial charge is 0.387 e. The number of benzene rings is 6. The van der Waals surface area contributed by atoms with Gasteiger partial charge >= 0.3 is 0 Å². The number of aliphatic hydroxyl groups is 4. The average Bonchev–Trinajstić information content (AvgIpc) is 1.64. The highest BCUT2D eigenvalue weighted by atomic mass is 35.7. The first-order chi connectivity index (χ1) is 45.1. The average molecular weight is 1330 g/mol. The fourth-order valence-corrected chi connectivity index (χ4v) is 12.8. The summed E-state index contributed by atoms with van der Waals surface area (Å²) < 4.78 is 74.9. The van der Waals surface area contributed by atoms with E-state index in [-0.39, 0.29) is 47.8 Å². The molecule has 2 saturated heterocycles. The zero-order valence-corrected chi connectivity index (χ0v) is 53.2. The van der Waals surface area contributed by atoms with Crippen LogP contribution in [0.1, 0.15) is 58.2 Å². The molecule has 0 aliphatic carbocycles. The Bertz CT molecular complexity index is 4140. The monoisotopic (exact) mass is 1320 g/mol. The molecule has 6 heterocycles. The van der Waals surface area contributed by atoms with Crippen LogP contribution in [0.5, 0.6) is 0 Å². The van der Waals surface area contributed by atoms with Gasteiger partial charge in [-0.15, -0.1) is 0 Å². The first kappa shape index (κ1) is 67.7. The Hall–Kier alpha value is -8.19. The molecule has 12 rings (SSSR count). The van der Waals surface area contributed by atoms with Crippen molar-refractivity contribution in [3.05, 3.63) is 229 Å². The number of aromatic nitrogens is 8. The summed E-state index contributed by atoms with van der Waals surface area (Å²) in [5.41, 5.74) is 12.3. The van der Waals surface area contributed by atoms with Crippen molar-refractivity contribution in [2.75, 3.05) is 64.2 Å². The summed E-state index contributed by atoms with van der Waals surface area (Å²) in [4.78, 5) is 28.3. The summed E-state index contributed by atoms with van der Waals surface area (Å²) in [6.45, 7) is 1.73. The van der Waals surface area contributed by atoms with E-state index in [0.29, 0.717) is 71.7 Å². The molecular formula is C66H73ClN12O12S2. The summed E-state index contributed by atoms with van der Waals surface area (Å²) in [5.74, 6) is 1.99. The van der Waals surface area contributed by atoms with Gasteiger partial charge in [0.1, 0.15) is 48.3 Å². The number of nitrogens with one attached hydrogen (secondary N) is 3. The van der Waals surface area contributed by atoms with E-state index in [1.807, 2.05) is 72.8 Å². The minimum Gasteiger partial charge on any atom is -0.387 e. The van der Waals surface area contributed by atoms with Crippen LogP contribution >= 0.6 is 10.7 Å². The molecule has 24 nitrogen and oxygen atoms in total. The van der Waals surface area contributed by atoms with Crippen LogP contribution in [0.4, 0.5) is 11.6 Å². The summed E-state index contributed by atoms with van der Waals surface area (Å²) in [7, 11) is 0.776. The Morgan fingerprint density at radius 3 is 1.22 bits per heavy atom. The van der Waals surface area contributed by atoms with Crippen molar-refractivity contribution in [2.24, 2.45) is 5.73 Å². The van der Waals surface area contributed by atoms with E-state index in [1.165, 1.54) is 55.9 Å². The van der Waals surface area contributed by atoms with Crippen molar-refractivity contribution >= 4 is 63.7 Å². The molecule has 6 aromatic carbocycles. The topological polar surface area (TPSA) is 335 Å². The van der Waals surface area contributed by atoms with E-state index in [0.717, 1.165) is 11.1 Å². The lowest BCUT2D eigenvalue weighted by Crippen LogP contribution is -2.33. The van der Waals surface area contributed by atoms with Gasteiger partial charge in [0.25, 0.3) is 9.05 Å². The molecule has 10 aromatic rings. The van der Waals surface area contributed by atoms with E-state index >= 15 is 0 Å². The number of anilines is 2. The molecule has 8 atom stereocenters. The number of rotatable bonds is 24. The van der Waals surface area contributed by atoms with E-state index in [1.54, 1.807) is 51.9 Å². The maximum absolute atomic E-state index is 12.8. The molecule has 0 spiro atoms. The van der Waals surface area contributed by atoms with Crippen LogP contribution < -0.4 is 21.1 Å². The van der Waals surface area contributed by atoms with Crippen LogP contribution in [-0.4, -0.2) is 167 Å². The molecule has 2 fully saturated rings. The van der Waals surface area contributed by atoms with Gasteiger partial charge in [0, 0.05) is 69.2 Å². The number of imidazole rings is 2. The number of nitrogens with two attached hydrogens (primary N) is 1. The molecule has 4 aromatic heterocycles. The number of methoxy groups -OCH3 is 2. The minimum absolute atomic E-state index is 0.0134. The standard InChI is InChI=1S/C33H36N6O6S.C27H32N6O4.C6H5ClO2S/c1-44-20-26-29(40)30(41)33(45-26)39-21-35-28-31(34-19-25(22-11-5-2-6-12-22)23-13-7-3-8-14-23)37-27(38-32(28)39)17-18-36-46(42,43)24-15-9-4-10-16-24;1-36-15-20-23(34)24(35)27(37-20)33-16-30-22-25(31-21(12-13-28)32-26(22)33)29-14-19(17-8-4-2-5-9-17)18-10-6-3-7-11-18;7-10(8,9)6-4-2-1-3-5-6/h2-16,21,25-26,29-30,33,36,40-41H,17-20H2,1H3,(H,34,37,38);2-11,16,19-20,23-24,27,34-35H,12-15,28H2,1H3,(H,29,31,32);1-5H/t26-,29-,30-,33-;20-,23-,24-,27-;/m11./s1. The van der Waals surface area contributed by atoms with Crippen LogP contribution in [0.3, 0.4) is 0 Å². The molecule has 27 heteroatoms. The van der Waals surface area contributed by atoms with Gasteiger partial charge in [0.15, 0.2) is 46.4 Å². The summed E-state index contributed by atoms with van der Waals surface area (Å²) in [6, 6.07) is 56.9. The molecular weight excluding hydrogens is 1250 g/mol. The van der Waals surface area contributed by atoms with Gasteiger partial charge < -0.3 is 55.7 Å². The molecule has 0 unspecified atom stereocenters. The summed E-state index contributed by atoms with van der Waals surface area (Å²) >= 11 is 0. The SMILES string of the molecule is COC[C@H]1O[C@@H](n2cnc3c(NCC(c4ccccc4)c4ccccc4)nc(CCN)nc32)[C@H](O)[C@@H]1O.COC[C@H]1O[C@@H](n2cnc3c(NCC(c4ccccc4)c4ccccc4)nc(CCNS(=O)(=O)c4ccccc4)nc32)[C@H](O)[C@@H]1O.O=S(=O)(Cl)c1ccccc1. The van der Waals surface area contributed by atoms with Gasteiger partial charge in [-0.3, -0.25) is 9.13 Å². The third-order valence-corrected chi connectivity index (χ3v) is 18.5. The van der Waals surface area contributed by atoms with Crippen LogP contribution in [0.25, 0.3) is 22.3 Å². The third kappa shape index (κ3) is 16.6. The Morgan fingerprint density at radius 2 is 0.871 bits per heavy atom. The lowest BCUT2D eigenvalue weighted by molar-refractivity contribution is -0.0580. The van der Waals surface area contributed by atoms with Gasteiger partial charge in [-0.1, -0.05) is 158 Å². The number of hydrogen-bond donors (Lipinski definition) is 8. The fourth-order valence-electron chi connectivity index (χ4n) is 11.0. The Kier molecular flexibility index (Phi) is 23.0. The molecule has 0 amide bonds. The van der Waals surface area contributed by atoms with Crippen LogP contribution in [0, 0.1) is 0 Å². The summed E-state index contributed by atoms with van der Waals surface area (Å²) in [5, 5.41) is 49.6. The van der Waals surface area contributed by atoms with E-state index in [4.69, 9.17) is 50.3 Å². The fraction of sp³-hybridized carbons (Fsp3) is 0.303. The number of aliphatic hydroxyl groups excluding tert-OH is 4. The second-order valence-electron chi connectivity index (χ2n) is 21.9. The highest BCUT2D eigenvalue weighted by molar-refractivity contribution is 8.13. The number of halogens is 1. The minimum atomic E-state index is -3.73. The molecule has 9 N–H and O–H groups in total. The Morgan fingerprint density at radius 1 is 0.516 bits per heavy atom. The predicted octanol–water partition coefficient (Wildman–Crippen LogP) is 6.31. The maximum Gasteiger partial charge on any atom is 0.261 e. The molecule has 0 radical (unpaired) electrons. The number of sulfonamides is 1. The number of fused-ring (bicyclic) bond motifs is 2. The quantitative estimate of drug-likeness (QED) is 0.0307. The molecule has 93 heavy (non-hydrogen) atoms. The predicted molar refractivity (Wildman–Crippen MR) is 350 cm³/mol. The van der Waals surface area contributed by atoms with Crippen molar-refractivity contribution < 1.29 is 56.2 Å². The van der Waals surface area contributed by atoms with Crippen molar-refractivity contribution in [3.63, 3.8) is 0 Å². The number of hydrogen-bond acceptors (Lipinski definition) is 21. The van der Waals surface area contributed by atoms with E-state index in [2.05, 4.69) is 78.8 Å². The summed E-state index contributed by atoms with van der Waals surface area (Å²) in [6.07, 6.45) is -4.25. The van der Waals surface area contributed by atoms with Crippen LogP contribution in [0.15, 0.2) is 204 Å². The van der Waals surface area contributed by atoms with Crippen molar-refractivity contribution in [3.8, 4) is 0 Å². The molecule has 488 valence electrons. The van der Waals surface area contributed by atoms with Gasteiger partial charge in [-0.05, 0) is 53.1 Å². The van der Waals surface area contributed by atoms with Crippen LogP contribution in [0.2, 0.25) is 0 Å². The van der Waals surface area contributed by atoms with Crippen molar-refractivity contribution in [1.82, 2.24) is 43.8 Å². The lowest BCUT2D eigenvalue weighted by Gasteiger charge is -2.20. The van der Waals surface area contributed by atoms with E-state index in [9.17, 15) is 37.3 Å². The first-order valence-corrected chi connectivity index (χ1v) is 33.8. The smallest absolute Gasteiger partial charge is 0.261 e. The highest BCUT2D eigenvalue weighted by Gasteiger charge is 2.46. The van der Waals surface area contributed by atoms with Crippen molar-refractivity contribution in [2.45, 2.75) is 83.5 Å². The lowest BCUT2D eigenvalue weighted by atomic mass is 9.91. The highest BCUT2D eigenvalue weighted by Crippen LogP contribution is 2.36. The van der Waals surface area contributed by atoms with Gasteiger partial charge in [0.05, 0.1) is 35.7 Å². The van der Waals surface area contributed by atoms with Crippen molar-refractivity contribution in [1.29, 1.82) is 0 Å².